The fourth-order valence-electron chi connectivity index (χ4n) is 2.29. The molecule has 0 spiro atoms. The molecule has 1 aromatic rings. The van der Waals surface area contributed by atoms with Gasteiger partial charge in [-0.1, -0.05) is 6.07 Å². The Hall–Kier alpha value is -2.04. The SMILES string of the molecule is CC1CNC(CC#N)CN1c1cccc(C#N)c1. The van der Waals surface area contributed by atoms with Gasteiger partial charge in [0.15, 0.2) is 0 Å². The molecule has 2 unspecified atom stereocenters. The summed E-state index contributed by atoms with van der Waals surface area (Å²) in [5, 5.41) is 21.1. The van der Waals surface area contributed by atoms with Gasteiger partial charge in [-0.15, -0.1) is 0 Å². The number of nitriles is 2. The number of hydrogen-bond acceptors (Lipinski definition) is 4. The van der Waals surface area contributed by atoms with Crippen molar-refractivity contribution in [3.8, 4) is 12.1 Å². The average Bonchev–Trinajstić information content (AvgIpc) is 2.41. The van der Waals surface area contributed by atoms with Crippen LogP contribution >= 0.6 is 0 Å². The number of anilines is 1. The van der Waals surface area contributed by atoms with Crippen molar-refractivity contribution >= 4 is 5.69 Å². The highest BCUT2D eigenvalue weighted by atomic mass is 15.2. The van der Waals surface area contributed by atoms with Crippen molar-refractivity contribution < 1.29 is 0 Å². The molecule has 1 aromatic carbocycles. The van der Waals surface area contributed by atoms with Gasteiger partial charge in [0.1, 0.15) is 0 Å². The van der Waals surface area contributed by atoms with Gasteiger partial charge in [0, 0.05) is 30.9 Å². The normalized spacial score (nSPS) is 23.2. The molecule has 2 atom stereocenters. The summed E-state index contributed by atoms with van der Waals surface area (Å²) in [5.74, 6) is 0. The van der Waals surface area contributed by atoms with Crippen LogP contribution in [-0.4, -0.2) is 25.2 Å². The van der Waals surface area contributed by atoms with E-state index in [-0.39, 0.29) is 6.04 Å². The molecule has 18 heavy (non-hydrogen) atoms. The number of rotatable bonds is 2. The van der Waals surface area contributed by atoms with E-state index in [1.807, 2.05) is 24.3 Å². The van der Waals surface area contributed by atoms with Crippen LogP contribution in [0.2, 0.25) is 0 Å². The van der Waals surface area contributed by atoms with E-state index in [0.717, 1.165) is 18.8 Å². The van der Waals surface area contributed by atoms with E-state index >= 15 is 0 Å². The summed E-state index contributed by atoms with van der Waals surface area (Å²) >= 11 is 0. The molecule has 0 radical (unpaired) electrons. The molecule has 2 rings (SSSR count). The zero-order valence-electron chi connectivity index (χ0n) is 10.4. The molecule has 1 aliphatic heterocycles. The first-order chi connectivity index (χ1) is 8.74. The van der Waals surface area contributed by atoms with Crippen molar-refractivity contribution in [3.63, 3.8) is 0 Å². The molecule has 1 heterocycles. The van der Waals surface area contributed by atoms with Crippen molar-refractivity contribution in [1.29, 1.82) is 10.5 Å². The second-order valence-corrected chi connectivity index (χ2v) is 4.63. The van der Waals surface area contributed by atoms with Crippen LogP contribution in [0.1, 0.15) is 18.9 Å². The highest BCUT2D eigenvalue weighted by Crippen LogP contribution is 2.21. The van der Waals surface area contributed by atoms with E-state index in [1.54, 1.807) is 0 Å². The van der Waals surface area contributed by atoms with E-state index in [2.05, 4.69) is 29.3 Å². The molecule has 0 amide bonds. The van der Waals surface area contributed by atoms with E-state index < -0.39 is 0 Å². The highest BCUT2D eigenvalue weighted by Gasteiger charge is 2.24. The molecule has 4 heteroatoms. The first-order valence-corrected chi connectivity index (χ1v) is 6.11. The van der Waals surface area contributed by atoms with Gasteiger partial charge in [0.2, 0.25) is 0 Å². The summed E-state index contributed by atoms with van der Waals surface area (Å²) in [6, 6.07) is 12.6. The number of nitrogens with one attached hydrogen (secondary N) is 1. The van der Waals surface area contributed by atoms with E-state index in [0.29, 0.717) is 18.0 Å². The lowest BCUT2D eigenvalue weighted by Gasteiger charge is -2.39. The maximum Gasteiger partial charge on any atom is 0.0992 e. The Balaban J connectivity index is 2.19. The minimum atomic E-state index is 0.206. The van der Waals surface area contributed by atoms with Gasteiger partial charge in [0.05, 0.1) is 24.1 Å². The summed E-state index contributed by atoms with van der Waals surface area (Å²) in [6.07, 6.45) is 0.515. The van der Waals surface area contributed by atoms with E-state index in [9.17, 15) is 0 Å². The maximum atomic E-state index is 8.94. The summed E-state index contributed by atoms with van der Waals surface area (Å²) in [6.45, 7) is 3.82. The van der Waals surface area contributed by atoms with Crippen LogP contribution in [0, 0.1) is 22.7 Å². The van der Waals surface area contributed by atoms with Crippen LogP contribution in [0.3, 0.4) is 0 Å². The Labute approximate surface area is 107 Å². The van der Waals surface area contributed by atoms with Crippen molar-refractivity contribution in [2.75, 3.05) is 18.0 Å². The van der Waals surface area contributed by atoms with Crippen LogP contribution in [0.4, 0.5) is 5.69 Å². The molecule has 0 bridgehead atoms. The molecule has 0 saturated carbocycles. The molecule has 92 valence electrons. The maximum absolute atomic E-state index is 8.94. The molecular formula is C14H16N4. The van der Waals surface area contributed by atoms with Gasteiger partial charge >= 0.3 is 0 Å². The Bertz CT molecular complexity index is 497. The zero-order valence-corrected chi connectivity index (χ0v) is 10.4. The van der Waals surface area contributed by atoms with Gasteiger partial charge in [-0.3, -0.25) is 0 Å². The topological polar surface area (TPSA) is 62.9 Å². The smallest absolute Gasteiger partial charge is 0.0992 e. The van der Waals surface area contributed by atoms with Crippen molar-refractivity contribution in [2.45, 2.75) is 25.4 Å². The lowest BCUT2D eigenvalue weighted by Crippen LogP contribution is -2.55. The first-order valence-electron chi connectivity index (χ1n) is 6.11. The first kappa shape index (κ1) is 12.4. The van der Waals surface area contributed by atoms with E-state index in [4.69, 9.17) is 10.5 Å². The zero-order chi connectivity index (χ0) is 13.0. The number of nitrogens with zero attached hydrogens (tertiary/aromatic N) is 3. The molecule has 0 aliphatic carbocycles. The van der Waals surface area contributed by atoms with Crippen LogP contribution in [0.5, 0.6) is 0 Å². The Morgan fingerprint density at radius 1 is 1.44 bits per heavy atom. The van der Waals surface area contributed by atoms with Crippen LogP contribution in [0.25, 0.3) is 0 Å². The molecule has 1 saturated heterocycles. The molecule has 1 aliphatic rings. The van der Waals surface area contributed by atoms with Crippen molar-refractivity contribution in [3.05, 3.63) is 29.8 Å². The predicted octanol–water partition coefficient (Wildman–Crippen LogP) is 1.64. The quantitative estimate of drug-likeness (QED) is 0.853. The fourth-order valence-corrected chi connectivity index (χ4v) is 2.29. The summed E-state index contributed by atoms with van der Waals surface area (Å²) in [7, 11) is 0. The number of piperazine rings is 1. The van der Waals surface area contributed by atoms with Gasteiger partial charge in [-0.05, 0) is 25.1 Å². The molecule has 1 N–H and O–H groups in total. The largest absolute Gasteiger partial charge is 0.366 e. The summed E-state index contributed by atoms with van der Waals surface area (Å²) < 4.78 is 0. The standard InChI is InChI=1S/C14H16N4/c1-11-9-17-13(5-6-15)10-18(11)14-4-2-3-12(7-14)8-16/h2-4,7,11,13,17H,5,9-10H2,1H3. The Morgan fingerprint density at radius 2 is 2.28 bits per heavy atom. The Kier molecular flexibility index (Phi) is 3.82. The third kappa shape index (κ3) is 2.61. The second-order valence-electron chi connectivity index (χ2n) is 4.63. The van der Waals surface area contributed by atoms with Crippen molar-refractivity contribution in [2.24, 2.45) is 0 Å². The van der Waals surface area contributed by atoms with Crippen LogP contribution in [-0.2, 0) is 0 Å². The van der Waals surface area contributed by atoms with Gasteiger partial charge < -0.3 is 10.2 Å². The monoisotopic (exact) mass is 240 g/mol. The number of hydrogen-bond donors (Lipinski definition) is 1. The van der Waals surface area contributed by atoms with Gasteiger partial charge in [0.25, 0.3) is 0 Å². The van der Waals surface area contributed by atoms with Crippen molar-refractivity contribution in [1.82, 2.24) is 5.32 Å². The average molecular weight is 240 g/mol. The third-order valence-corrected chi connectivity index (χ3v) is 3.30. The lowest BCUT2D eigenvalue weighted by molar-refractivity contribution is 0.409. The fraction of sp³-hybridized carbons (Fsp3) is 0.429. The molecule has 4 nitrogen and oxygen atoms in total. The van der Waals surface area contributed by atoms with Crippen LogP contribution in [0.15, 0.2) is 24.3 Å². The van der Waals surface area contributed by atoms with Gasteiger partial charge in [-0.2, -0.15) is 10.5 Å². The van der Waals surface area contributed by atoms with Crippen LogP contribution < -0.4 is 10.2 Å². The summed E-state index contributed by atoms with van der Waals surface area (Å²) in [4.78, 5) is 2.26. The van der Waals surface area contributed by atoms with E-state index in [1.165, 1.54) is 0 Å². The number of benzene rings is 1. The Morgan fingerprint density at radius 3 is 3.00 bits per heavy atom. The third-order valence-electron chi connectivity index (χ3n) is 3.30. The molecule has 0 aromatic heterocycles. The minimum Gasteiger partial charge on any atom is -0.366 e. The minimum absolute atomic E-state index is 0.206. The molecule has 1 fully saturated rings. The van der Waals surface area contributed by atoms with Gasteiger partial charge in [-0.25, -0.2) is 0 Å². The highest BCUT2D eigenvalue weighted by molar-refractivity contribution is 5.52. The predicted molar refractivity (Wildman–Crippen MR) is 70.0 cm³/mol. The second kappa shape index (κ2) is 5.53. The summed E-state index contributed by atoms with van der Waals surface area (Å²) in [5.41, 5.74) is 1.74. The molecular weight excluding hydrogens is 224 g/mol. The lowest BCUT2D eigenvalue weighted by atomic mass is 10.1.